The van der Waals surface area contributed by atoms with Crippen LogP contribution in [0, 0.1) is 5.41 Å². The van der Waals surface area contributed by atoms with Gasteiger partial charge in [-0.05, 0) is 6.92 Å². The quantitative estimate of drug-likeness (QED) is 0.507. The summed E-state index contributed by atoms with van der Waals surface area (Å²) >= 11 is 0. The molecule has 0 aromatic rings. The van der Waals surface area contributed by atoms with Crippen LogP contribution >= 0.6 is 0 Å². The number of rotatable bonds is 9. The zero-order valence-corrected chi connectivity index (χ0v) is 11.3. The number of amides is 1. The first-order chi connectivity index (χ1) is 8.83. The smallest absolute Gasteiger partial charge is 0.306 e. The third kappa shape index (κ3) is 8.15. The van der Waals surface area contributed by atoms with Crippen molar-refractivity contribution in [2.45, 2.75) is 33.1 Å². The van der Waals surface area contributed by atoms with Crippen LogP contribution in [0.25, 0.3) is 0 Å². The molecule has 19 heavy (non-hydrogen) atoms. The van der Waals surface area contributed by atoms with Crippen molar-refractivity contribution in [2.75, 3.05) is 19.8 Å². The third-order valence-corrected chi connectivity index (χ3v) is 2.53. The van der Waals surface area contributed by atoms with E-state index in [9.17, 15) is 14.4 Å². The third-order valence-electron chi connectivity index (χ3n) is 2.53. The van der Waals surface area contributed by atoms with Gasteiger partial charge in [-0.1, -0.05) is 6.92 Å². The summed E-state index contributed by atoms with van der Waals surface area (Å²) in [6, 6.07) is 0. The first kappa shape index (κ1) is 17.4. The largest absolute Gasteiger partial charge is 0.481 e. The SMILES string of the molecule is CCOC(=O)CCC(=O)NCC(C)(CO)CC(=O)O. The number of esters is 1. The predicted octanol–water partition coefficient (Wildman–Crippen LogP) is -0.0808. The van der Waals surface area contributed by atoms with Crippen molar-refractivity contribution in [2.24, 2.45) is 5.41 Å². The lowest BCUT2D eigenvalue weighted by atomic mass is 9.87. The van der Waals surface area contributed by atoms with Gasteiger partial charge in [0.25, 0.3) is 0 Å². The number of carboxylic acid groups (broad SMARTS) is 1. The molecule has 0 aromatic carbocycles. The molecule has 7 heteroatoms. The van der Waals surface area contributed by atoms with Gasteiger partial charge in [0.05, 0.1) is 26.1 Å². The fourth-order valence-corrected chi connectivity index (χ4v) is 1.39. The molecule has 0 aliphatic rings. The van der Waals surface area contributed by atoms with Crippen molar-refractivity contribution in [3.05, 3.63) is 0 Å². The van der Waals surface area contributed by atoms with E-state index in [1.54, 1.807) is 13.8 Å². The average Bonchev–Trinajstić information content (AvgIpc) is 2.33. The van der Waals surface area contributed by atoms with Gasteiger partial charge in [-0.15, -0.1) is 0 Å². The number of aliphatic hydroxyl groups is 1. The van der Waals surface area contributed by atoms with Crippen LogP contribution in [0.4, 0.5) is 0 Å². The van der Waals surface area contributed by atoms with E-state index < -0.39 is 17.4 Å². The molecule has 1 atom stereocenters. The minimum Gasteiger partial charge on any atom is -0.481 e. The van der Waals surface area contributed by atoms with Crippen LogP contribution in [-0.2, 0) is 19.1 Å². The van der Waals surface area contributed by atoms with Crippen LogP contribution in [0.2, 0.25) is 0 Å². The molecule has 7 nitrogen and oxygen atoms in total. The molecular formula is C12H21NO6. The highest BCUT2D eigenvalue weighted by atomic mass is 16.5. The van der Waals surface area contributed by atoms with Gasteiger partial charge in [0.1, 0.15) is 0 Å². The van der Waals surface area contributed by atoms with Crippen molar-refractivity contribution in [3.63, 3.8) is 0 Å². The lowest BCUT2D eigenvalue weighted by molar-refractivity contribution is -0.144. The van der Waals surface area contributed by atoms with E-state index >= 15 is 0 Å². The number of aliphatic carboxylic acids is 1. The molecule has 1 unspecified atom stereocenters. The Kier molecular flexibility index (Phi) is 7.74. The van der Waals surface area contributed by atoms with Crippen LogP contribution in [0.3, 0.4) is 0 Å². The number of hydrogen-bond donors (Lipinski definition) is 3. The van der Waals surface area contributed by atoms with E-state index in [2.05, 4.69) is 10.1 Å². The molecule has 110 valence electrons. The molecule has 0 saturated heterocycles. The predicted molar refractivity (Wildman–Crippen MR) is 66.3 cm³/mol. The summed E-state index contributed by atoms with van der Waals surface area (Å²) in [4.78, 5) is 33.1. The van der Waals surface area contributed by atoms with Crippen LogP contribution < -0.4 is 5.32 Å². The van der Waals surface area contributed by atoms with Gasteiger partial charge in [-0.3, -0.25) is 14.4 Å². The molecule has 1 amide bonds. The summed E-state index contributed by atoms with van der Waals surface area (Å²) in [5.41, 5.74) is -0.911. The topological polar surface area (TPSA) is 113 Å². The molecule has 0 aromatic heterocycles. The van der Waals surface area contributed by atoms with Crippen LogP contribution in [0.1, 0.15) is 33.1 Å². The second-order valence-electron chi connectivity index (χ2n) is 4.62. The van der Waals surface area contributed by atoms with Crippen molar-refractivity contribution in [3.8, 4) is 0 Å². The molecule has 0 saturated carbocycles. The number of carbonyl (C=O) groups excluding carboxylic acids is 2. The lowest BCUT2D eigenvalue weighted by Crippen LogP contribution is -2.39. The van der Waals surface area contributed by atoms with Gasteiger partial charge in [0, 0.05) is 18.4 Å². The van der Waals surface area contributed by atoms with Crippen LogP contribution in [-0.4, -0.2) is 47.8 Å². The molecule has 3 N–H and O–H groups in total. The Balaban J connectivity index is 4.06. The zero-order chi connectivity index (χ0) is 14.9. The average molecular weight is 275 g/mol. The maximum absolute atomic E-state index is 11.5. The number of carboxylic acids is 1. The van der Waals surface area contributed by atoms with E-state index in [-0.39, 0.29) is 44.9 Å². The maximum atomic E-state index is 11.5. The number of aliphatic hydroxyl groups excluding tert-OH is 1. The van der Waals surface area contributed by atoms with E-state index in [0.29, 0.717) is 0 Å². The summed E-state index contributed by atoms with van der Waals surface area (Å²) < 4.78 is 4.67. The second kappa shape index (κ2) is 8.47. The molecule has 0 fully saturated rings. The van der Waals surface area contributed by atoms with Gasteiger partial charge < -0.3 is 20.3 Å². The minimum atomic E-state index is -1.04. The van der Waals surface area contributed by atoms with Crippen molar-refractivity contribution in [1.29, 1.82) is 0 Å². The second-order valence-corrected chi connectivity index (χ2v) is 4.62. The van der Waals surface area contributed by atoms with Crippen molar-refractivity contribution in [1.82, 2.24) is 5.32 Å². The summed E-state index contributed by atoms with van der Waals surface area (Å²) in [7, 11) is 0. The van der Waals surface area contributed by atoms with Gasteiger partial charge in [0.2, 0.25) is 5.91 Å². The highest BCUT2D eigenvalue weighted by Gasteiger charge is 2.27. The van der Waals surface area contributed by atoms with E-state index in [1.807, 2.05) is 0 Å². The Labute approximate surface area is 111 Å². The van der Waals surface area contributed by atoms with E-state index in [4.69, 9.17) is 10.2 Å². The Morgan fingerprint density at radius 1 is 1.26 bits per heavy atom. The first-order valence-corrected chi connectivity index (χ1v) is 6.08. The summed E-state index contributed by atoms with van der Waals surface area (Å²) in [6.45, 7) is 3.19. The minimum absolute atomic E-state index is 0.0194. The van der Waals surface area contributed by atoms with E-state index in [0.717, 1.165) is 0 Å². The summed E-state index contributed by atoms with van der Waals surface area (Å²) in [5, 5.41) is 20.3. The monoisotopic (exact) mass is 275 g/mol. The van der Waals surface area contributed by atoms with Gasteiger partial charge in [-0.25, -0.2) is 0 Å². The van der Waals surface area contributed by atoms with Gasteiger partial charge in [-0.2, -0.15) is 0 Å². The molecule has 0 rings (SSSR count). The molecule has 0 aliphatic carbocycles. The molecule has 0 bridgehead atoms. The Morgan fingerprint density at radius 2 is 1.89 bits per heavy atom. The van der Waals surface area contributed by atoms with Crippen molar-refractivity contribution < 1.29 is 29.3 Å². The van der Waals surface area contributed by atoms with Crippen molar-refractivity contribution >= 4 is 17.8 Å². The highest BCUT2D eigenvalue weighted by molar-refractivity contribution is 5.81. The number of carbonyl (C=O) groups is 3. The Hall–Kier alpha value is -1.63. The molecule has 0 spiro atoms. The number of ether oxygens (including phenoxy) is 1. The van der Waals surface area contributed by atoms with Crippen LogP contribution in [0.5, 0.6) is 0 Å². The Morgan fingerprint density at radius 3 is 2.37 bits per heavy atom. The zero-order valence-electron chi connectivity index (χ0n) is 11.3. The molecule has 0 heterocycles. The molecule has 0 radical (unpaired) electrons. The van der Waals surface area contributed by atoms with E-state index in [1.165, 1.54) is 0 Å². The number of nitrogens with one attached hydrogen (secondary N) is 1. The summed E-state index contributed by atoms with van der Waals surface area (Å²) in [5.74, 6) is -1.87. The standard InChI is InChI=1S/C12H21NO6/c1-3-19-11(18)5-4-9(15)13-7-12(2,8-14)6-10(16)17/h14H,3-8H2,1-2H3,(H,13,15)(H,16,17). The normalized spacial score (nSPS) is 13.4. The first-order valence-electron chi connectivity index (χ1n) is 6.08. The summed E-state index contributed by atoms with van der Waals surface area (Å²) in [6.07, 6.45) is -0.288. The molecule has 0 aliphatic heterocycles. The Bertz CT molecular complexity index is 330. The van der Waals surface area contributed by atoms with Crippen LogP contribution in [0.15, 0.2) is 0 Å². The highest BCUT2D eigenvalue weighted by Crippen LogP contribution is 2.19. The fourth-order valence-electron chi connectivity index (χ4n) is 1.39. The number of hydrogen-bond acceptors (Lipinski definition) is 5. The lowest BCUT2D eigenvalue weighted by Gasteiger charge is -2.25. The maximum Gasteiger partial charge on any atom is 0.306 e. The van der Waals surface area contributed by atoms with Gasteiger partial charge >= 0.3 is 11.9 Å². The fraction of sp³-hybridized carbons (Fsp3) is 0.750. The van der Waals surface area contributed by atoms with Gasteiger partial charge in [0.15, 0.2) is 0 Å². The molecular weight excluding hydrogens is 254 g/mol.